The molecule has 1 aromatic heterocycles. The molecule has 136 valence electrons. The number of aromatic amines is 1. The summed E-state index contributed by atoms with van der Waals surface area (Å²) in [4.78, 5) is 14.6. The van der Waals surface area contributed by atoms with Gasteiger partial charge in [-0.05, 0) is 33.3 Å². The molecule has 0 fully saturated rings. The Balaban J connectivity index is 2.45. The summed E-state index contributed by atoms with van der Waals surface area (Å²) >= 11 is 0. The van der Waals surface area contributed by atoms with Crippen LogP contribution in [-0.2, 0) is 14.8 Å². The van der Waals surface area contributed by atoms with Gasteiger partial charge in [-0.2, -0.15) is 9.82 Å². The topological polar surface area (TPSA) is 95.2 Å². The molecule has 25 heavy (non-hydrogen) atoms. The van der Waals surface area contributed by atoms with Crippen LogP contribution in [0.4, 0.5) is 0 Å². The molecule has 2 rings (SSSR count). The van der Waals surface area contributed by atoms with Gasteiger partial charge in [0, 0.05) is 13.1 Å². The Morgan fingerprint density at radius 1 is 1.20 bits per heavy atom. The first-order valence-electron chi connectivity index (χ1n) is 8.19. The maximum Gasteiger partial charge on any atom is 0.245 e. The Hall–Kier alpha value is -2.19. The van der Waals surface area contributed by atoms with Crippen molar-refractivity contribution < 1.29 is 13.2 Å². The molecule has 1 atom stereocenters. The quantitative estimate of drug-likeness (QED) is 0.784. The summed E-state index contributed by atoms with van der Waals surface area (Å²) in [7, 11) is -3.91. The van der Waals surface area contributed by atoms with Crippen molar-refractivity contribution in [3.63, 3.8) is 0 Å². The fraction of sp³-hybridized carbons (Fsp3) is 0.412. The molecule has 1 amide bonds. The van der Waals surface area contributed by atoms with Crippen molar-refractivity contribution >= 4 is 15.9 Å². The van der Waals surface area contributed by atoms with Crippen molar-refractivity contribution in [3.8, 4) is 0 Å². The Morgan fingerprint density at radius 3 is 2.28 bits per heavy atom. The van der Waals surface area contributed by atoms with E-state index in [-0.39, 0.29) is 10.8 Å². The largest absolute Gasteiger partial charge is 0.342 e. The van der Waals surface area contributed by atoms with E-state index in [9.17, 15) is 13.2 Å². The molecule has 0 aliphatic heterocycles. The van der Waals surface area contributed by atoms with Gasteiger partial charge in [0.15, 0.2) is 0 Å². The highest BCUT2D eigenvalue weighted by molar-refractivity contribution is 7.89. The minimum atomic E-state index is -3.91. The molecule has 7 nitrogen and oxygen atoms in total. The van der Waals surface area contributed by atoms with E-state index in [0.717, 1.165) is 0 Å². The highest BCUT2D eigenvalue weighted by atomic mass is 32.2. The Morgan fingerprint density at radius 2 is 1.80 bits per heavy atom. The maximum atomic E-state index is 12.9. The molecule has 0 saturated heterocycles. The van der Waals surface area contributed by atoms with Gasteiger partial charge >= 0.3 is 0 Å². The third kappa shape index (κ3) is 4.08. The summed E-state index contributed by atoms with van der Waals surface area (Å²) in [6.07, 6.45) is 0. The first kappa shape index (κ1) is 19.1. The number of aromatic nitrogens is 2. The Labute approximate surface area is 148 Å². The number of likely N-dealkylation sites (N-methyl/N-ethyl adjacent to an activating group) is 1. The van der Waals surface area contributed by atoms with E-state index in [1.165, 1.54) is 0 Å². The van der Waals surface area contributed by atoms with Crippen molar-refractivity contribution in [1.82, 2.24) is 19.8 Å². The molecular formula is C17H24N4O3S. The smallest absolute Gasteiger partial charge is 0.245 e. The number of aryl methyl sites for hydroxylation is 2. The van der Waals surface area contributed by atoms with Crippen LogP contribution in [0.15, 0.2) is 35.2 Å². The monoisotopic (exact) mass is 364 g/mol. The number of carbonyl (C=O) groups is 1. The molecule has 1 aromatic carbocycles. The van der Waals surface area contributed by atoms with Crippen LogP contribution in [0.2, 0.25) is 0 Å². The molecule has 0 unspecified atom stereocenters. The Bertz CT molecular complexity index is 807. The van der Waals surface area contributed by atoms with Crippen molar-refractivity contribution in [2.45, 2.75) is 38.6 Å². The molecule has 0 saturated carbocycles. The standard InChI is InChI=1S/C17H24N4O3S/c1-5-21(6-2)17(22)15(14-10-8-7-9-11-14)20-25(23,24)16-12(3)18-19-13(16)4/h7-11,15,20H,5-6H2,1-4H3,(H,18,19)/t15-/m0/s1. The van der Waals surface area contributed by atoms with Gasteiger partial charge in [-0.15, -0.1) is 0 Å². The first-order chi connectivity index (χ1) is 11.8. The second-order valence-electron chi connectivity index (χ2n) is 5.74. The number of nitrogens with zero attached hydrogens (tertiary/aromatic N) is 2. The van der Waals surface area contributed by atoms with Gasteiger partial charge in [-0.1, -0.05) is 30.3 Å². The van der Waals surface area contributed by atoms with E-state index in [1.807, 2.05) is 19.9 Å². The molecule has 0 bridgehead atoms. The summed E-state index contributed by atoms with van der Waals surface area (Å²) in [5.74, 6) is -0.279. The van der Waals surface area contributed by atoms with Gasteiger partial charge in [0.2, 0.25) is 15.9 Å². The fourth-order valence-corrected chi connectivity index (χ4v) is 4.32. The number of benzene rings is 1. The predicted octanol–water partition coefficient (Wildman–Crippen LogP) is 1.91. The number of sulfonamides is 1. The molecule has 0 aliphatic carbocycles. The summed E-state index contributed by atoms with van der Waals surface area (Å²) in [6, 6.07) is 7.87. The van der Waals surface area contributed by atoms with E-state index in [4.69, 9.17) is 0 Å². The summed E-state index contributed by atoms with van der Waals surface area (Å²) in [5.41, 5.74) is 1.40. The van der Waals surface area contributed by atoms with Gasteiger partial charge in [0.25, 0.3) is 0 Å². The van der Waals surface area contributed by atoms with E-state index in [2.05, 4.69) is 14.9 Å². The zero-order valence-corrected chi connectivity index (χ0v) is 15.7. The average molecular weight is 364 g/mol. The molecule has 8 heteroatoms. The van der Waals surface area contributed by atoms with Gasteiger partial charge < -0.3 is 4.90 Å². The summed E-state index contributed by atoms with van der Waals surface area (Å²) in [6.45, 7) is 7.99. The Kier molecular flexibility index (Phi) is 5.97. The van der Waals surface area contributed by atoms with Crippen LogP contribution in [-0.4, -0.2) is 42.5 Å². The fourth-order valence-electron chi connectivity index (χ4n) is 2.78. The summed E-state index contributed by atoms with van der Waals surface area (Å²) < 4.78 is 28.3. The van der Waals surface area contributed by atoms with Gasteiger partial charge in [-0.3, -0.25) is 9.89 Å². The molecule has 2 N–H and O–H groups in total. The minimum absolute atomic E-state index is 0.0841. The lowest BCUT2D eigenvalue weighted by Crippen LogP contribution is -2.43. The molecule has 0 spiro atoms. The number of nitrogens with one attached hydrogen (secondary N) is 2. The van der Waals surface area contributed by atoms with E-state index in [0.29, 0.717) is 30.0 Å². The lowest BCUT2D eigenvalue weighted by molar-refractivity contribution is -0.132. The zero-order chi connectivity index (χ0) is 18.6. The van der Waals surface area contributed by atoms with Gasteiger partial charge in [0.1, 0.15) is 10.9 Å². The average Bonchev–Trinajstić information content (AvgIpc) is 2.94. The molecule has 2 aromatic rings. The van der Waals surface area contributed by atoms with Gasteiger partial charge in [-0.25, -0.2) is 8.42 Å². The number of rotatable bonds is 7. The van der Waals surface area contributed by atoms with Crippen LogP contribution < -0.4 is 4.72 Å². The van der Waals surface area contributed by atoms with Crippen LogP contribution >= 0.6 is 0 Å². The van der Waals surface area contributed by atoms with Crippen LogP contribution in [0, 0.1) is 13.8 Å². The highest BCUT2D eigenvalue weighted by Gasteiger charge is 2.32. The minimum Gasteiger partial charge on any atom is -0.342 e. The number of amides is 1. The molecular weight excluding hydrogens is 340 g/mol. The molecule has 0 radical (unpaired) electrons. The highest BCUT2D eigenvalue weighted by Crippen LogP contribution is 2.22. The number of H-pyrrole nitrogens is 1. The van der Waals surface area contributed by atoms with Gasteiger partial charge in [0.05, 0.1) is 11.4 Å². The zero-order valence-electron chi connectivity index (χ0n) is 14.9. The van der Waals surface area contributed by atoms with Crippen LogP contribution in [0.25, 0.3) is 0 Å². The van der Waals surface area contributed by atoms with E-state index >= 15 is 0 Å². The van der Waals surface area contributed by atoms with E-state index in [1.54, 1.807) is 43.0 Å². The second-order valence-corrected chi connectivity index (χ2v) is 7.39. The van der Waals surface area contributed by atoms with Crippen LogP contribution in [0.1, 0.15) is 36.8 Å². The third-order valence-corrected chi connectivity index (χ3v) is 5.74. The predicted molar refractivity (Wildman–Crippen MR) is 95.5 cm³/mol. The number of carbonyl (C=O) groups excluding carboxylic acids is 1. The van der Waals surface area contributed by atoms with Crippen LogP contribution in [0.5, 0.6) is 0 Å². The summed E-state index contributed by atoms with van der Waals surface area (Å²) in [5, 5.41) is 6.60. The van der Waals surface area contributed by atoms with Crippen molar-refractivity contribution in [3.05, 3.63) is 47.3 Å². The number of hydrogen-bond acceptors (Lipinski definition) is 4. The molecule has 0 aliphatic rings. The van der Waals surface area contributed by atoms with Crippen molar-refractivity contribution in [2.24, 2.45) is 0 Å². The maximum absolute atomic E-state index is 12.9. The third-order valence-electron chi connectivity index (χ3n) is 4.06. The van der Waals surface area contributed by atoms with Crippen LogP contribution in [0.3, 0.4) is 0 Å². The van der Waals surface area contributed by atoms with E-state index < -0.39 is 16.1 Å². The van der Waals surface area contributed by atoms with Crippen molar-refractivity contribution in [1.29, 1.82) is 0 Å². The SMILES string of the molecule is CCN(CC)C(=O)[C@@H](NS(=O)(=O)c1c(C)n[nH]c1C)c1ccccc1. The lowest BCUT2D eigenvalue weighted by Gasteiger charge is -2.26. The second kappa shape index (κ2) is 7.79. The van der Waals surface area contributed by atoms with Crippen molar-refractivity contribution in [2.75, 3.05) is 13.1 Å². The normalized spacial score (nSPS) is 12.8. The first-order valence-corrected chi connectivity index (χ1v) is 9.67. The number of hydrogen-bond donors (Lipinski definition) is 2. The molecule has 1 heterocycles. The lowest BCUT2D eigenvalue weighted by atomic mass is 10.1.